The van der Waals surface area contributed by atoms with Crippen molar-refractivity contribution in [3.05, 3.63) is 72.2 Å². The molecule has 1 saturated carbocycles. The van der Waals surface area contributed by atoms with Crippen molar-refractivity contribution in [2.75, 3.05) is 5.32 Å². The van der Waals surface area contributed by atoms with Gasteiger partial charge in [0.1, 0.15) is 5.82 Å². The second-order valence-electron chi connectivity index (χ2n) is 6.63. The van der Waals surface area contributed by atoms with E-state index in [2.05, 4.69) is 10.3 Å². The van der Waals surface area contributed by atoms with Gasteiger partial charge < -0.3 is 5.32 Å². The average molecular weight is 334 g/mol. The van der Waals surface area contributed by atoms with Crippen LogP contribution >= 0.6 is 0 Å². The zero-order valence-corrected chi connectivity index (χ0v) is 13.8. The number of amides is 1. The Bertz CT molecular complexity index is 909. The molecule has 1 amide bonds. The van der Waals surface area contributed by atoms with Gasteiger partial charge in [0.25, 0.3) is 0 Å². The first-order chi connectivity index (χ1) is 12.2. The number of anilines is 1. The van der Waals surface area contributed by atoms with Crippen LogP contribution in [0.5, 0.6) is 0 Å². The molecule has 1 aromatic heterocycles. The second kappa shape index (κ2) is 6.28. The molecule has 3 nitrogen and oxygen atoms in total. The highest BCUT2D eigenvalue weighted by molar-refractivity contribution is 6.05. The number of carbonyl (C=O) groups excluding carboxylic acids is 1. The summed E-state index contributed by atoms with van der Waals surface area (Å²) in [5.74, 6) is -0.301. The minimum Gasteiger partial charge on any atom is -0.325 e. The Morgan fingerprint density at radius 2 is 1.76 bits per heavy atom. The molecule has 2 aromatic carbocycles. The number of pyridine rings is 1. The molecule has 1 aliphatic carbocycles. The monoisotopic (exact) mass is 334 g/mol. The van der Waals surface area contributed by atoms with Crippen molar-refractivity contribution in [3.63, 3.8) is 0 Å². The lowest BCUT2D eigenvalue weighted by Crippen LogP contribution is -2.38. The molecular formula is C21H19FN2O. The Labute approximate surface area is 145 Å². The van der Waals surface area contributed by atoms with Gasteiger partial charge in [-0.15, -0.1) is 0 Å². The Morgan fingerprint density at radius 3 is 2.52 bits per heavy atom. The highest BCUT2D eigenvalue weighted by Crippen LogP contribution is 2.42. The van der Waals surface area contributed by atoms with E-state index in [0.717, 1.165) is 47.8 Å². The number of nitrogens with one attached hydrogen (secondary N) is 1. The first-order valence-electron chi connectivity index (χ1n) is 8.60. The van der Waals surface area contributed by atoms with Crippen LogP contribution in [0.1, 0.15) is 31.2 Å². The van der Waals surface area contributed by atoms with Gasteiger partial charge in [0, 0.05) is 11.6 Å². The summed E-state index contributed by atoms with van der Waals surface area (Å²) in [5.41, 5.74) is 1.92. The topological polar surface area (TPSA) is 42.0 Å². The molecule has 0 unspecified atom stereocenters. The van der Waals surface area contributed by atoms with Crippen molar-refractivity contribution in [1.29, 1.82) is 0 Å². The van der Waals surface area contributed by atoms with Gasteiger partial charge in [-0.1, -0.05) is 31.0 Å². The maximum atomic E-state index is 13.3. The predicted molar refractivity (Wildman–Crippen MR) is 96.9 cm³/mol. The molecular weight excluding hydrogens is 315 g/mol. The van der Waals surface area contributed by atoms with Crippen LogP contribution in [0.3, 0.4) is 0 Å². The summed E-state index contributed by atoms with van der Waals surface area (Å²) in [5, 5.41) is 4.03. The largest absolute Gasteiger partial charge is 0.325 e. The van der Waals surface area contributed by atoms with Gasteiger partial charge in [0.15, 0.2) is 0 Å². The van der Waals surface area contributed by atoms with Gasteiger partial charge in [-0.25, -0.2) is 4.39 Å². The van der Waals surface area contributed by atoms with E-state index in [-0.39, 0.29) is 11.7 Å². The van der Waals surface area contributed by atoms with Crippen molar-refractivity contribution < 1.29 is 9.18 Å². The first kappa shape index (κ1) is 15.8. The molecule has 0 spiro atoms. The van der Waals surface area contributed by atoms with E-state index in [1.54, 1.807) is 18.3 Å². The molecule has 0 aliphatic heterocycles. The van der Waals surface area contributed by atoms with Crippen LogP contribution in [0.15, 0.2) is 60.8 Å². The number of hydrogen-bond acceptors (Lipinski definition) is 2. The normalized spacial score (nSPS) is 16.0. The Morgan fingerprint density at radius 1 is 1.00 bits per heavy atom. The molecule has 126 valence electrons. The summed E-state index contributed by atoms with van der Waals surface area (Å²) in [6.45, 7) is 0. The molecule has 1 heterocycles. The standard InChI is InChI=1S/C21H19FN2O/c22-16-10-8-15(9-11-16)21(12-1-2-13-21)20(25)24-19-7-3-6-18-17(19)5-4-14-23-18/h3-11,14H,1-2,12-13H2,(H,24,25). The first-order valence-corrected chi connectivity index (χ1v) is 8.60. The maximum Gasteiger partial charge on any atom is 0.235 e. The fourth-order valence-corrected chi connectivity index (χ4v) is 3.85. The Hall–Kier alpha value is -2.75. The number of benzene rings is 2. The SMILES string of the molecule is O=C(Nc1cccc2ncccc12)C1(c2ccc(F)cc2)CCCC1. The molecule has 0 atom stereocenters. The van der Waals surface area contributed by atoms with Gasteiger partial charge in [-0.05, 0) is 54.8 Å². The summed E-state index contributed by atoms with van der Waals surface area (Å²) in [4.78, 5) is 17.6. The van der Waals surface area contributed by atoms with Crippen LogP contribution in [-0.2, 0) is 10.2 Å². The van der Waals surface area contributed by atoms with Crippen molar-refractivity contribution in [2.24, 2.45) is 0 Å². The maximum absolute atomic E-state index is 13.3. The van der Waals surface area contributed by atoms with E-state index in [9.17, 15) is 9.18 Å². The third kappa shape index (κ3) is 2.78. The predicted octanol–water partition coefficient (Wildman–Crippen LogP) is 4.82. The second-order valence-corrected chi connectivity index (χ2v) is 6.63. The number of nitrogens with zero attached hydrogens (tertiary/aromatic N) is 1. The molecule has 0 bridgehead atoms. The molecule has 1 aliphatic rings. The van der Waals surface area contributed by atoms with Crippen LogP contribution in [0.2, 0.25) is 0 Å². The minimum atomic E-state index is -0.585. The molecule has 4 rings (SSSR count). The van der Waals surface area contributed by atoms with Crippen molar-refractivity contribution in [1.82, 2.24) is 4.98 Å². The molecule has 25 heavy (non-hydrogen) atoms. The molecule has 4 heteroatoms. The zero-order valence-electron chi connectivity index (χ0n) is 13.8. The highest BCUT2D eigenvalue weighted by atomic mass is 19.1. The zero-order chi connectivity index (χ0) is 17.3. The van der Waals surface area contributed by atoms with Crippen LogP contribution in [0.25, 0.3) is 10.9 Å². The van der Waals surface area contributed by atoms with Crippen molar-refractivity contribution in [2.45, 2.75) is 31.1 Å². The molecule has 3 aromatic rings. The van der Waals surface area contributed by atoms with E-state index >= 15 is 0 Å². The van der Waals surface area contributed by atoms with Crippen LogP contribution in [0, 0.1) is 5.82 Å². The van der Waals surface area contributed by atoms with Gasteiger partial charge in [-0.3, -0.25) is 9.78 Å². The van der Waals surface area contributed by atoms with Gasteiger partial charge in [0.05, 0.1) is 16.6 Å². The lowest BCUT2D eigenvalue weighted by atomic mass is 9.78. The van der Waals surface area contributed by atoms with Crippen LogP contribution < -0.4 is 5.32 Å². The van der Waals surface area contributed by atoms with Gasteiger partial charge in [0.2, 0.25) is 5.91 Å². The Balaban J connectivity index is 1.71. The summed E-state index contributed by atoms with van der Waals surface area (Å²) in [6.07, 6.45) is 5.32. The summed E-state index contributed by atoms with van der Waals surface area (Å²) >= 11 is 0. The van der Waals surface area contributed by atoms with Gasteiger partial charge >= 0.3 is 0 Å². The number of aromatic nitrogens is 1. The summed E-state index contributed by atoms with van der Waals surface area (Å²) in [7, 11) is 0. The third-order valence-electron chi connectivity index (χ3n) is 5.18. The number of halogens is 1. The van der Waals surface area contributed by atoms with Crippen LogP contribution in [0.4, 0.5) is 10.1 Å². The minimum absolute atomic E-state index is 0.0204. The third-order valence-corrected chi connectivity index (χ3v) is 5.18. The molecule has 1 N–H and O–H groups in total. The number of fused-ring (bicyclic) bond motifs is 1. The van der Waals surface area contributed by atoms with E-state index in [0.29, 0.717) is 0 Å². The quantitative estimate of drug-likeness (QED) is 0.746. The van der Waals surface area contributed by atoms with Crippen LogP contribution in [-0.4, -0.2) is 10.9 Å². The smallest absolute Gasteiger partial charge is 0.235 e. The molecule has 0 saturated heterocycles. The lowest BCUT2D eigenvalue weighted by Gasteiger charge is -2.28. The highest BCUT2D eigenvalue weighted by Gasteiger charge is 2.42. The number of carbonyl (C=O) groups is 1. The van der Waals surface area contributed by atoms with E-state index in [1.807, 2.05) is 30.3 Å². The van der Waals surface area contributed by atoms with E-state index < -0.39 is 5.41 Å². The summed E-state index contributed by atoms with van der Waals surface area (Å²) < 4.78 is 13.3. The van der Waals surface area contributed by atoms with E-state index in [1.165, 1.54) is 12.1 Å². The molecule has 0 radical (unpaired) electrons. The number of rotatable bonds is 3. The fourth-order valence-electron chi connectivity index (χ4n) is 3.85. The van der Waals surface area contributed by atoms with E-state index in [4.69, 9.17) is 0 Å². The van der Waals surface area contributed by atoms with Crippen molar-refractivity contribution in [3.8, 4) is 0 Å². The van der Waals surface area contributed by atoms with Gasteiger partial charge in [-0.2, -0.15) is 0 Å². The van der Waals surface area contributed by atoms with Crippen molar-refractivity contribution >= 4 is 22.5 Å². The summed E-state index contributed by atoms with van der Waals surface area (Å²) in [6, 6.07) is 15.9. The fraction of sp³-hybridized carbons (Fsp3) is 0.238. The molecule has 1 fully saturated rings. The Kier molecular flexibility index (Phi) is 3.96. The average Bonchev–Trinajstić information content (AvgIpc) is 3.14. The number of hydrogen-bond donors (Lipinski definition) is 1. The lowest BCUT2D eigenvalue weighted by molar-refractivity contribution is -0.121.